The number of nitrogens with one attached hydrogen (secondary N) is 1. The van der Waals surface area contributed by atoms with Crippen LogP contribution in [0, 0.1) is 20.8 Å². The van der Waals surface area contributed by atoms with Crippen LogP contribution >= 0.6 is 0 Å². The van der Waals surface area contributed by atoms with Crippen molar-refractivity contribution in [1.29, 1.82) is 0 Å². The number of hydrogen-bond acceptors (Lipinski definition) is 7. The maximum atomic E-state index is 13.1. The fourth-order valence-electron chi connectivity index (χ4n) is 5.44. The van der Waals surface area contributed by atoms with Crippen molar-refractivity contribution in [3.8, 4) is 17.2 Å². The number of fused-ring (bicyclic) bond motifs is 1. The van der Waals surface area contributed by atoms with Gasteiger partial charge >= 0.3 is 0 Å². The summed E-state index contributed by atoms with van der Waals surface area (Å²) < 4.78 is 13.0. The normalized spacial score (nSPS) is 16.0. The maximum absolute atomic E-state index is 13.1. The summed E-state index contributed by atoms with van der Waals surface area (Å²) >= 11 is 0. The van der Waals surface area contributed by atoms with Gasteiger partial charge in [0.25, 0.3) is 5.91 Å². The molecule has 1 aromatic heterocycles. The van der Waals surface area contributed by atoms with E-state index in [1.54, 1.807) is 0 Å². The number of aromatic nitrogens is 2. The van der Waals surface area contributed by atoms with Gasteiger partial charge in [-0.2, -0.15) is 0 Å². The highest BCUT2D eigenvalue weighted by molar-refractivity contribution is 5.93. The topological polar surface area (TPSA) is 92.1 Å². The largest absolute Gasteiger partial charge is 0.454 e. The van der Waals surface area contributed by atoms with Crippen LogP contribution in [0.3, 0.4) is 0 Å². The average molecular weight is 534 g/mol. The quantitative estimate of drug-likeness (QED) is 0.436. The SMILES string of the molecule is CCCc1nc(C(=O)NCC(O)CN2CCN(c3cccc(C)c3C)CC2)c(C)n1-c1ccc2c(c1)OCO2. The number of aryl methyl sites for hydroxylation is 2. The average Bonchev–Trinajstić information content (AvgIpc) is 3.53. The van der Waals surface area contributed by atoms with E-state index in [-0.39, 0.29) is 19.2 Å². The predicted octanol–water partition coefficient (Wildman–Crippen LogP) is 3.39. The first-order valence-corrected chi connectivity index (χ1v) is 13.8. The van der Waals surface area contributed by atoms with E-state index in [0.717, 1.165) is 56.2 Å². The second kappa shape index (κ2) is 11.7. The second-order valence-corrected chi connectivity index (χ2v) is 10.5. The van der Waals surface area contributed by atoms with Crippen LogP contribution in [0.5, 0.6) is 11.5 Å². The number of ether oxygens (including phenoxy) is 2. The lowest BCUT2D eigenvalue weighted by atomic mass is 10.1. The zero-order valence-corrected chi connectivity index (χ0v) is 23.4. The Hall–Kier alpha value is -3.56. The molecule has 1 saturated heterocycles. The van der Waals surface area contributed by atoms with Gasteiger partial charge in [-0.25, -0.2) is 4.98 Å². The molecule has 2 N–H and O–H groups in total. The van der Waals surface area contributed by atoms with Crippen molar-refractivity contribution in [1.82, 2.24) is 19.8 Å². The summed E-state index contributed by atoms with van der Waals surface area (Å²) in [6.07, 6.45) is 0.976. The molecule has 5 rings (SSSR count). The highest BCUT2D eigenvalue weighted by Crippen LogP contribution is 2.34. The standard InChI is InChI=1S/C30H39N5O4/c1-5-7-28-32-29(22(4)35(28)23-10-11-26-27(16-23)39-19-38-26)30(37)31-17-24(36)18-33-12-14-34(15-13-33)25-9-6-8-20(2)21(25)3/h6,8-11,16,24,36H,5,7,12-15,17-19H2,1-4H3,(H,31,37). The molecule has 0 spiro atoms. The molecule has 2 aromatic carbocycles. The monoisotopic (exact) mass is 533 g/mol. The van der Waals surface area contributed by atoms with Crippen molar-refractivity contribution in [3.63, 3.8) is 0 Å². The van der Waals surface area contributed by atoms with E-state index >= 15 is 0 Å². The van der Waals surface area contributed by atoms with Crippen LogP contribution in [-0.4, -0.2) is 77.6 Å². The molecule has 0 bridgehead atoms. The van der Waals surface area contributed by atoms with Gasteiger partial charge in [0.05, 0.1) is 17.5 Å². The molecule has 1 unspecified atom stereocenters. The first-order valence-electron chi connectivity index (χ1n) is 13.8. The summed E-state index contributed by atoms with van der Waals surface area (Å²) in [7, 11) is 0. The van der Waals surface area contributed by atoms with E-state index in [4.69, 9.17) is 14.5 Å². The molecule has 2 aliphatic heterocycles. The van der Waals surface area contributed by atoms with Crippen molar-refractivity contribution in [2.24, 2.45) is 0 Å². The lowest BCUT2D eigenvalue weighted by Crippen LogP contribution is -2.50. The number of benzene rings is 2. The Labute approximate surface area is 230 Å². The van der Waals surface area contributed by atoms with Gasteiger partial charge in [-0.1, -0.05) is 19.1 Å². The molecular weight excluding hydrogens is 494 g/mol. The van der Waals surface area contributed by atoms with E-state index in [1.807, 2.05) is 29.7 Å². The van der Waals surface area contributed by atoms with Crippen LogP contribution in [0.1, 0.15) is 46.5 Å². The van der Waals surface area contributed by atoms with E-state index in [0.29, 0.717) is 23.7 Å². The zero-order chi connectivity index (χ0) is 27.5. The molecule has 0 aliphatic carbocycles. The minimum Gasteiger partial charge on any atom is -0.454 e. The minimum absolute atomic E-state index is 0.176. The Bertz CT molecular complexity index is 1330. The third kappa shape index (κ3) is 5.74. The smallest absolute Gasteiger partial charge is 0.271 e. The molecule has 0 saturated carbocycles. The Morgan fingerprint density at radius 3 is 2.62 bits per heavy atom. The first-order chi connectivity index (χ1) is 18.9. The third-order valence-corrected chi connectivity index (χ3v) is 7.74. The first kappa shape index (κ1) is 27.0. The minimum atomic E-state index is -0.660. The summed E-state index contributed by atoms with van der Waals surface area (Å²) in [4.78, 5) is 22.5. The number of aliphatic hydroxyl groups excluding tert-OH is 1. The van der Waals surface area contributed by atoms with Gasteiger partial charge in [0.15, 0.2) is 11.5 Å². The van der Waals surface area contributed by atoms with Crippen LogP contribution in [0.25, 0.3) is 5.69 Å². The Kier molecular flexibility index (Phi) is 8.09. The molecule has 0 radical (unpaired) electrons. The van der Waals surface area contributed by atoms with Gasteiger partial charge in [0.1, 0.15) is 11.5 Å². The predicted molar refractivity (Wildman–Crippen MR) is 151 cm³/mol. The molecule has 39 heavy (non-hydrogen) atoms. The number of piperazine rings is 1. The molecule has 9 heteroatoms. The number of hydrogen-bond donors (Lipinski definition) is 2. The molecule has 1 atom stereocenters. The molecule has 1 amide bonds. The van der Waals surface area contributed by atoms with Crippen LogP contribution in [0.4, 0.5) is 5.69 Å². The van der Waals surface area contributed by atoms with E-state index in [2.05, 4.69) is 54.1 Å². The highest BCUT2D eigenvalue weighted by atomic mass is 16.7. The summed E-state index contributed by atoms with van der Waals surface area (Å²) in [5, 5.41) is 13.6. The van der Waals surface area contributed by atoms with Crippen molar-refractivity contribution in [3.05, 3.63) is 64.7 Å². The number of carbonyl (C=O) groups is 1. The van der Waals surface area contributed by atoms with Crippen molar-refractivity contribution in [2.45, 2.75) is 46.6 Å². The molecule has 3 heterocycles. The number of amides is 1. The van der Waals surface area contributed by atoms with Crippen LogP contribution in [0.2, 0.25) is 0 Å². The lowest BCUT2D eigenvalue weighted by molar-refractivity contribution is 0.0847. The number of aliphatic hydroxyl groups is 1. The Balaban J connectivity index is 1.18. The number of rotatable bonds is 9. The van der Waals surface area contributed by atoms with E-state index in [9.17, 15) is 9.90 Å². The Morgan fingerprint density at radius 1 is 1.08 bits per heavy atom. The zero-order valence-electron chi connectivity index (χ0n) is 23.4. The van der Waals surface area contributed by atoms with Gasteiger partial charge in [-0.15, -0.1) is 0 Å². The van der Waals surface area contributed by atoms with E-state index < -0.39 is 6.10 Å². The van der Waals surface area contributed by atoms with E-state index in [1.165, 1.54) is 16.8 Å². The molecule has 3 aromatic rings. The van der Waals surface area contributed by atoms with Crippen molar-refractivity contribution >= 4 is 11.6 Å². The number of carbonyl (C=O) groups excluding carboxylic acids is 1. The summed E-state index contributed by atoms with van der Waals surface area (Å²) in [6.45, 7) is 12.8. The fraction of sp³-hybridized carbons (Fsp3) is 0.467. The highest BCUT2D eigenvalue weighted by Gasteiger charge is 2.24. The fourth-order valence-corrected chi connectivity index (χ4v) is 5.44. The summed E-state index contributed by atoms with van der Waals surface area (Å²) in [6, 6.07) is 12.2. The molecular formula is C30H39N5O4. The van der Waals surface area contributed by atoms with Crippen LogP contribution in [-0.2, 0) is 6.42 Å². The van der Waals surface area contributed by atoms with Crippen LogP contribution in [0.15, 0.2) is 36.4 Å². The lowest BCUT2D eigenvalue weighted by Gasteiger charge is -2.37. The summed E-state index contributed by atoms with van der Waals surface area (Å²) in [5.41, 5.74) is 5.94. The van der Waals surface area contributed by atoms with Gasteiger partial charge in [0, 0.05) is 57.4 Å². The Morgan fingerprint density at radius 2 is 1.85 bits per heavy atom. The number of nitrogens with zero attached hydrogens (tertiary/aromatic N) is 4. The van der Waals surface area contributed by atoms with Crippen molar-refractivity contribution < 1.29 is 19.4 Å². The number of anilines is 1. The molecule has 208 valence electrons. The molecule has 9 nitrogen and oxygen atoms in total. The van der Waals surface area contributed by atoms with Crippen molar-refractivity contribution in [2.75, 3.05) is 51.0 Å². The van der Waals surface area contributed by atoms with Gasteiger partial charge < -0.3 is 29.4 Å². The number of β-amino-alcohol motifs (C(OH)–C–C–N with tert-alkyl or cyclic N) is 1. The number of imidazole rings is 1. The molecule has 1 fully saturated rings. The van der Waals surface area contributed by atoms with Gasteiger partial charge in [-0.05, 0) is 56.5 Å². The summed E-state index contributed by atoms with van der Waals surface area (Å²) in [5.74, 6) is 1.95. The van der Waals surface area contributed by atoms with Crippen LogP contribution < -0.4 is 19.7 Å². The molecule has 2 aliphatic rings. The maximum Gasteiger partial charge on any atom is 0.271 e. The third-order valence-electron chi connectivity index (χ3n) is 7.74. The van der Waals surface area contributed by atoms with Gasteiger partial charge in [-0.3, -0.25) is 9.69 Å². The second-order valence-electron chi connectivity index (χ2n) is 10.5. The van der Waals surface area contributed by atoms with Gasteiger partial charge in [0.2, 0.25) is 6.79 Å².